The van der Waals surface area contributed by atoms with E-state index in [0.29, 0.717) is 4.47 Å². The van der Waals surface area contributed by atoms with Crippen molar-refractivity contribution in [2.45, 2.75) is 17.4 Å². The topological polar surface area (TPSA) is 0 Å². The van der Waals surface area contributed by atoms with Crippen LogP contribution in [0.1, 0.15) is 16.8 Å². The summed E-state index contributed by atoms with van der Waals surface area (Å²) in [7, 11) is 0. The number of hydrogen-bond acceptors (Lipinski definition) is 0. The summed E-state index contributed by atoms with van der Waals surface area (Å²) >= 11 is 11.5. The smallest absolute Gasteiger partial charge is 0.207 e. The summed E-state index contributed by atoms with van der Waals surface area (Å²) in [6.07, 6.45) is -5.51. The first-order valence-corrected chi connectivity index (χ1v) is 6.14. The number of rotatable bonds is 2. The molecule has 0 N–H and O–H groups in total. The standard InChI is InChI=1S/C9H5Br2ClF4/c10-5-2-8(13)4(1-7(5)12)6(11)3-9(14,15)16/h1-2,6H,3H2. The van der Waals surface area contributed by atoms with Gasteiger partial charge >= 0.3 is 6.18 Å². The van der Waals surface area contributed by atoms with E-state index in [9.17, 15) is 17.6 Å². The number of halogens is 7. The summed E-state index contributed by atoms with van der Waals surface area (Å²) in [6.45, 7) is 0. The first kappa shape index (κ1) is 14.3. The molecule has 1 aromatic rings. The Morgan fingerprint density at radius 1 is 1.31 bits per heavy atom. The van der Waals surface area contributed by atoms with Crippen LogP contribution in [0.5, 0.6) is 0 Å². The van der Waals surface area contributed by atoms with Gasteiger partial charge in [0, 0.05) is 10.0 Å². The first-order chi connectivity index (χ1) is 7.20. The highest BCUT2D eigenvalue weighted by Crippen LogP contribution is 2.38. The lowest BCUT2D eigenvalue weighted by atomic mass is 10.1. The van der Waals surface area contributed by atoms with Gasteiger partial charge in [0.2, 0.25) is 0 Å². The number of benzene rings is 1. The van der Waals surface area contributed by atoms with E-state index in [2.05, 4.69) is 31.9 Å². The fraction of sp³-hybridized carbons (Fsp3) is 0.333. The van der Waals surface area contributed by atoms with Gasteiger partial charge in [-0.05, 0) is 28.1 Å². The molecule has 0 spiro atoms. The summed E-state index contributed by atoms with van der Waals surface area (Å²) in [6, 6.07) is 2.22. The molecule has 0 nitrogen and oxygen atoms in total. The molecule has 0 aliphatic heterocycles. The molecule has 0 radical (unpaired) electrons. The molecule has 7 heteroatoms. The minimum atomic E-state index is -4.36. The number of alkyl halides is 4. The second-order valence-corrected chi connectivity index (χ2v) is 5.44. The maximum atomic E-state index is 13.4. The zero-order chi connectivity index (χ0) is 12.5. The van der Waals surface area contributed by atoms with Crippen LogP contribution in [0.4, 0.5) is 17.6 Å². The van der Waals surface area contributed by atoms with Gasteiger partial charge in [-0.2, -0.15) is 13.2 Å². The van der Waals surface area contributed by atoms with Crippen molar-refractivity contribution < 1.29 is 17.6 Å². The Morgan fingerprint density at radius 3 is 2.38 bits per heavy atom. The quantitative estimate of drug-likeness (QED) is 0.352. The molecule has 0 aromatic heterocycles. The van der Waals surface area contributed by atoms with Crippen LogP contribution in [-0.4, -0.2) is 6.18 Å². The van der Waals surface area contributed by atoms with Crippen molar-refractivity contribution in [3.63, 3.8) is 0 Å². The molecule has 1 atom stereocenters. The van der Waals surface area contributed by atoms with E-state index in [4.69, 9.17) is 11.6 Å². The molecule has 0 fully saturated rings. The molecule has 1 rings (SSSR count). The Hall–Kier alpha value is 0.190. The molecule has 0 heterocycles. The molecule has 0 amide bonds. The zero-order valence-electron chi connectivity index (χ0n) is 7.58. The predicted molar refractivity (Wildman–Crippen MR) is 61.5 cm³/mol. The van der Waals surface area contributed by atoms with Crippen LogP contribution in [0.2, 0.25) is 5.02 Å². The minimum Gasteiger partial charge on any atom is -0.207 e. The van der Waals surface area contributed by atoms with Crippen molar-refractivity contribution in [2.24, 2.45) is 0 Å². The van der Waals surface area contributed by atoms with Gasteiger partial charge in [-0.1, -0.05) is 27.5 Å². The minimum absolute atomic E-state index is 0.106. The van der Waals surface area contributed by atoms with Crippen molar-refractivity contribution >= 4 is 43.5 Å². The largest absolute Gasteiger partial charge is 0.390 e. The lowest BCUT2D eigenvalue weighted by Gasteiger charge is -2.14. The lowest BCUT2D eigenvalue weighted by molar-refractivity contribution is -0.134. The SMILES string of the molecule is Fc1cc(Br)c(Cl)cc1C(Br)CC(F)(F)F. The van der Waals surface area contributed by atoms with Crippen molar-refractivity contribution in [3.8, 4) is 0 Å². The highest BCUT2D eigenvalue weighted by Gasteiger charge is 2.32. The summed E-state index contributed by atoms with van der Waals surface area (Å²) < 4.78 is 50.0. The Bertz CT molecular complexity index is 392. The van der Waals surface area contributed by atoms with Crippen LogP contribution < -0.4 is 0 Å². The van der Waals surface area contributed by atoms with Crippen molar-refractivity contribution in [1.29, 1.82) is 0 Å². The van der Waals surface area contributed by atoms with E-state index in [1.54, 1.807) is 0 Å². The van der Waals surface area contributed by atoms with Gasteiger partial charge in [0.05, 0.1) is 16.3 Å². The Kier molecular flexibility index (Phi) is 4.66. The molecule has 0 aliphatic rings. The third kappa shape index (κ3) is 3.89. The van der Waals surface area contributed by atoms with E-state index < -0.39 is 23.2 Å². The van der Waals surface area contributed by atoms with Gasteiger partial charge in [-0.15, -0.1) is 0 Å². The number of hydrogen-bond donors (Lipinski definition) is 0. The van der Waals surface area contributed by atoms with Crippen LogP contribution in [0.3, 0.4) is 0 Å². The molecular weight excluding hydrogens is 379 g/mol. The molecular formula is C9H5Br2ClF4. The van der Waals surface area contributed by atoms with Gasteiger partial charge in [-0.25, -0.2) is 4.39 Å². The highest BCUT2D eigenvalue weighted by atomic mass is 79.9. The fourth-order valence-electron chi connectivity index (χ4n) is 1.09. The van der Waals surface area contributed by atoms with Gasteiger partial charge in [0.15, 0.2) is 0 Å². The third-order valence-corrected chi connectivity index (χ3v) is 3.80. The average molecular weight is 384 g/mol. The average Bonchev–Trinajstić information content (AvgIpc) is 2.08. The molecule has 1 unspecified atom stereocenters. The second-order valence-electron chi connectivity index (χ2n) is 3.07. The predicted octanol–water partition coefficient (Wildman–Crippen LogP) is 5.63. The van der Waals surface area contributed by atoms with Gasteiger partial charge in [0.1, 0.15) is 5.82 Å². The van der Waals surface area contributed by atoms with E-state index in [1.165, 1.54) is 6.07 Å². The van der Waals surface area contributed by atoms with Crippen molar-refractivity contribution in [3.05, 3.63) is 33.0 Å². The monoisotopic (exact) mass is 382 g/mol. The molecule has 0 saturated heterocycles. The van der Waals surface area contributed by atoms with Gasteiger partial charge in [0.25, 0.3) is 0 Å². The Labute approximate surface area is 111 Å². The van der Waals surface area contributed by atoms with Crippen LogP contribution in [0.25, 0.3) is 0 Å². The van der Waals surface area contributed by atoms with Crippen LogP contribution >= 0.6 is 43.5 Å². The fourth-order valence-corrected chi connectivity index (χ4v) is 2.30. The lowest BCUT2D eigenvalue weighted by Crippen LogP contribution is -2.11. The van der Waals surface area contributed by atoms with Gasteiger partial charge in [-0.3, -0.25) is 0 Å². The normalized spacial score (nSPS) is 13.9. The molecule has 1 aromatic carbocycles. The Morgan fingerprint density at radius 2 is 1.88 bits per heavy atom. The summed E-state index contributed by atoms with van der Waals surface area (Å²) in [5.41, 5.74) is -0.106. The van der Waals surface area contributed by atoms with Crippen molar-refractivity contribution in [1.82, 2.24) is 0 Å². The molecule has 16 heavy (non-hydrogen) atoms. The zero-order valence-corrected chi connectivity index (χ0v) is 11.5. The Balaban J connectivity index is 3.00. The van der Waals surface area contributed by atoms with Crippen LogP contribution in [0.15, 0.2) is 16.6 Å². The molecule has 0 bridgehead atoms. The summed E-state index contributed by atoms with van der Waals surface area (Å²) in [5, 5.41) is 0.169. The summed E-state index contributed by atoms with van der Waals surface area (Å²) in [4.78, 5) is -1.14. The molecule has 0 aliphatic carbocycles. The van der Waals surface area contributed by atoms with E-state index in [0.717, 1.165) is 6.07 Å². The van der Waals surface area contributed by atoms with E-state index >= 15 is 0 Å². The van der Waals surface area contributed by atoms with E-state index in [-0.39, 0.29) is 10.6 Å². The first-order valence-electron chi connectivity index (χ1n) is 4.06. The summed E-state index contributed by atoms with van der Waals surface area (Å²) in [5.74, 6) is -0.734. The molecule has 0 saturated carbocycles. The van der Waals surface area contributed by atoms with Crippen LogP contribution in [-0.2, 0) is 0 Å². The third-order valence-electron chi connectivity index (χ3n) is 1.79. The molecule has 90 valence electrons. The second kappa shape index (κ2) is 5.23. The van der Waals surface area contributed by atoms with E-state index in [1.807, 2.05) is 0 Å². The highest BCUT2D eigenvalue weighted by molar-refractivity contribution is 9.10. The van der Waals surface area contributed by atoms with Crippen molar-refractivity contribution in [2.75, 3.05) is 0 Å². The maximum Gasteiger partial charge on any atom is 0.390 e. The van der Waals surface area contributed by atoms with Gasteiger partial charge < -0.3 is 0 Å². The van der Waals surface area contributed by atoms with Crippen LogP contribution in [0, 0.1) is 5.82 Å². The maximum absolute atomic E-state index is 13.4.